The number of carbonyl (C=O) groups is 2. The Hall–Kier alpha value is -4.02. The molecule has 9 nitrogen and oxygen atoms in total. The van der Waals surface area contributed by atoms with Gasteiger partial charge in [-0.2, -0.15) is 0 Å². The number of nitrogens with one attached hydrogen (secondary N) is 2. The van der Waals surface area contributed by atoms with Crippen molar-refractivity contribution in [1.29, 1.82) is 0 Å². The van der Waals surface area contributed by atoms with Crippen LogP contribution < -0.4 is 16.4 Å². The number of amides is 2. The number of nitrogens with two attached hydrogens (primary N) is 1. The second-order valence-corrected chi connectivity index (χ2v) is 12.9. The Morgan fingerprint density at radius 3 is 2.33 bits per heavy atom. The van der Waals surface area contributed by atoms with Crippen LogP contribution >= 0.6 is 0 Å². The minimum Gasteiger partial charge on any atom is -0.397 e. The van der Waals surface area contributed by atoms with Crippen molar-refractivity contribution in [2.24, 2.45) is 0 Å². The van der Waals surface area contributed by atoms with E-state index in [1.54, 1.807) is 12.1 Å². The van der Waals surface area contributed by atoms with Crippen molar-refractivity contribution in [2.45, 2.75) is 95.4 Å². The van der Waals surface area contributed by atoms with Crippen LogP contribution in [-0.4, -0.2) is 47.1 Å². The van der Waals surface area contributed by atoms with E-state index in [4.69, 9.17) is 15.2 Å². The maximum Gasteiger partial charge on any atom is 0.224 e. The highest BCUT2D eigenvalue weighted by atomic mass is 16.7. The minimum absolute atomic E-state index is 0.00157. The number of hydrogen-bond acceptors (Lipinski definition) is 7. The SMILES string of the molecule is C=CCN(C[C@H]1C[C@@H](c2ccc(CO)cc2)O[C@@H](c2cccc(NC(=O)CCCCCC(=O)Nc3ccccc3N)c2)O1)C1CCCC1. The number of rotatable bonds is 16. The maximum absolute atomic E-state index is 12.8. The van der Waals surface area contributed by atoms with Crippen molar-refractivity contribution in [3.63, 3.8) is 0 Å². The second kappa shape index (κ2) is 17.9. The van der Waals surface area contributed by atoms with E-state index in [0.717, 1.165) is 36.2 Å². The molecule has 1 heterocycles. The average Bonchev–Trinajstić information content (AvgIpc) is 3.64. The Kier molecular flexibility index (Phi) is 13.2. The van der Waals surface area contributed by atoms with E-state index >= 15 is 0 Å². The van der Waals surface area contributed by atoms with Crippen molar-refractivity contribution in [1.82, 2.24) is 4.90 Å². The Labute approximate surface area is 284 Å². The topological polar surface area (TPSA) is 126 Å². The van der Waals surface area contributed by atoms with Crippen molar-refractivity contribution in [3.8, 4) is 0 Å². The van der Waals surface area contributed by atoms with Crippen molar-refractivity contribution in [3.05, 3.63) is 102 Å². The molecule has 5 N–H and O–H groups in total. The lowest BCUT2D eigenvalue weighted by atomic mass is 9.99. The minimum atomic E-state index is -0.602. The fourth-order valence-corrected chi connectivity index (χ4v) is 6.66. The standard InChI is InChI=1S/C39H50N4O5/c1-2-23-43(32-13-6-7-14-32)26-33-25-36(29-21-19-28(27-44)20-22-29)48-39(47-33)30-11-10-12-31(24-30)41-37(45)17-4-3-5-18-38(46)42-35-16-9-8-15-34(35)40/h2,8-12,15-16,19-22,24,32-33,36,39,44H,1,3-7,13-14,17-18,23,25-27,40H2,(H,41,45)(H,42,46)/t33-,36+,39+/m1/s1. The smallest absolute Gasteiger partial charge is 0.224 e. The first-order valence-corrected chi connectivity index (χ1v) is 17.3. The number of aliphatic hydroxyl groups excluding tert-OH is 1. The summed E-state index contributed by atoms with van der Waals surface area (Å²) in [6.07, 6.45) is 9.65. The summed E-state index contributed by atoms with van der Waals surface area (Å²) < 4.78 is 13.2. The molecule has 0 aromatic heterocycles. The summed E-state index contributed by atoms with van der Waals surface area (Å²) in [5.74, 6) is -0.157. The summed E-state index contributed by atoms with van der Waals surface area (Å²) >= 11 is 0. The lowest BCUT2D eigenvalue weighted by Crippen LogP contribution is -2.43. The average molecular weight is 655 g/mol. The highest BCUT2D eigenvalue weighted by Gasteiger charge is 2.34. The van der Waals surface area contributed by atoms with Crippen LogP contribution in [0.25, 0.3) is 0 Å². The van der Waals surface area contributed by atoms with Crippen LogP contribution in [0.1, 0.15) is 93.3 Å². The number of para-hydroxylation sites is 2. The zero-order valence-electron chi connectivity index (χ0n) is 27.8. The highest BCUT2D eigenvalue weighted by Crippen LogP contribution is 2.39. The van der Waals surface area contributed by atoms with Gasteiger partial charge in [-0.1, -0.05) is 73.9 Å². The summed E-state index contributed by atoms with van der Waals surface area (Å²) in [5.41, 5.74) is 10.5. The molecule has 5 rings (SSSR count). The van der Waals surface area contributed by atoms with Crippen LogP contribution in [0.5, 0.6) is 0 Å². The molecular weight excluding hydrogens is 604 g/mol. The van der Waals surface area contributed by atoms with Gasteiger partial charge in [-0.05, 0) is 61.1 Å². The summed E-state index contributed by atoms with van der Waals surface area (Å²) in [4.78, 5) is 27.6. The maximum atomic E-state index is 12.8. The molecule has 1 saturated heterocycles. The largest absolute Gasteiger partial charge is 0.397 e. The van der Waals surface area contributed by atoms with Crippen LogP contribution in [0.15, 0.2) is 85.5 Å². The van der Waals surface area contributed by atoms with E-state index < -0.39 is 6.29 Å². The quantitative estimate of drug-likeness (QED) is 0.0727. The lowest BCUT2D eigenvalue weighted by molar-refractivity contribution is -0.253. The van der Waals surface area contributed by atoms with Gasteiger partial charge in [-0.3, -0.25) is 14.5 Å². The van der Waals surface area contributed by atoms with Gasteiger partial charge in [0.05, 0.1) is 30.2 Å². The molecule has 0 spiro atoms. The molecule has 256 valence electrons. The first kappa shape index (κ1) is 35.3. The van der Waals surface area contributed by atoms with Crippen LogP contribution in [0.3, 0.4) is 0 Å². The molecule has 48 heavy (non-hydrogen) atoms. The molecule has 2 aliphatic rings. The highest BCUT2D eigenvalue weighted by molar-refractivity contribution is 5.93. The second-order valence-electron chi connectivity index (χ2n) is 12.9. The molecule has 9 heteroatoms. The van der Waals surface area contributed by atoms with E-state index in [2.05, 4.69) is 22.1 Å². The number of hydrogen-bond donors (Lipinski definition) is 4. The lowest BCUT2D eigenvalue weighted by Gasteiger charge is -2.39. The zero-order chi connectivity index (χ0) is 33.7. The van der Waals surface area contributed by atoms with Gasteiger partial charge in [0.15, 0.2) is 6.29 Å². The van der Waals surface area contributed by atoms with Gasteiger partial charge < -0.3 is 30.9 Å². The Balaban J connectivity index is 1.16. The van der Waals surface area contributed by atoms with Gasteiger partial charge in [0, 0.05) is 49.6 Å². The third-order valence-corrected chi connectivity index (χ3v) is 9.24. The number of benzene rings is 3. The number of aliphatic hydroxyl groups is 1. The molecule has 1 aliphatic heterocycles. The van der Waals surface area contributed by atoms with E-state index in [-0.39, 0.29) is 30.6 Å². The monoisotopic (exact) mass is 654 g/mol. The van der Waals surface area contributed by atoms with Gasteiger partial charge in [-0.15, -0.1) is 6.58 Å². The van der Waals surface area contributed by atoms with Crippen LogP contribution in [-0.2, 0) is 25.7 Å². The number of ether oxygens (including phenoxy) is 2. The molecule has 2 amide bonds. The summed E-state index contributed by atoms with van der Waals surface area (Å²) in [6, 6.07) is 23.3. The van der Waals surface area contributed by atoms with E-state index in [0.29, 0.717) is 55.2 Å². The molecule has 3 aromatic rings. The van der Waals surface area contributed by atoms with Gasteiger partial charge in [-0.25, -0.2) is 0 Å². The number of anilines is 3. The van der Waals surface area contributed by atoms with Crippen molar-refractivity contribution >= 4 is 28.9 Å². The first-order valence-electron chi connectivity index (χ1n) is 17.3. The van der Waals surface area contributed by atoms with E-state index in [9.17, 15) is 14.7 Å². The van der Waals surface area contributed by atoms with Gasteiger partial charge >= 0.3 is 0 Å². The summed E-state index contributed by atoms with van der Waals surface area (Å²) in [5, 5.41) is 15.4. The number of carbonyl (C=O) groups excluding carboxylic acids is 2. The summed E-state index contributed by atoms with van der Waals surface area (Å²) in [7, 11) is 0. The first-order chi connectivity index (χ1) is 23.4. The van der Waals surface area contributed by atoms with E-state index in [1.807, 2.05) is 66.7 Å². The molecule has 1 saturated carbocycles. The van der Waals surface area contributed by atoms with Gasteiger partial charge in [0.2, 0.25) is 11.8 Å². The summed E-state index contributed by atoms with van der Waals surface area (Å²) in [6.45, 7) is 5.62. The molecule has 0 radical (unpaired) electrons. The fourth-order valence-electron chi connectivity index (χ4n) is 6.66. The predicted molar refractivity (Wildman–Crippen MR) is 190 cm³/mol. The van der Waals surface area contributed by atoms with Crippen molar-refractivity contribution < 1.29 is 24.2 Å². The normalized spacial score (nSPS) is 19.7. The third-order valence-electron chi connectivity index (χ3n) is 9.24. The fraction of sp³-hybridized carbons (Fsp3) is 0.436. The van der Waals surface area contributed by atoms with Gasteiger partial charge in [0.1, 0.15) is 0 Å². The molecule has 3 aromatic carbocycles. The molecule has 0 bridgehead atoms. The van der Waals surface area contributed by atoms with E-state index in [1.165, 1.54) is 25.7 Å². The molecule has 1 aliphatic carbocycles. The van der Waals surface area contributed by atoms with Gasteiger partial charge in [0.25, 0.3) is 0 Å². The Bertz CT molecular complexity index is 1490. The Morgan fingerprint density at radius 2 is 1.62 bits per heavy atom. The Morgan fingerprint density at radius 1 is 0.896 bits per heavy atom. The molecule has 2 fully saturated rings. The third kappa shape index (κ3) is 10.2. The number of unbranched alkanes of at least 4 members (excludes halogenated alkanes) is 2. The number of nitrogen functional groups attached to an aromatic ring is 1. The molecular formula is C39H50N4O5. The molecule has 3 atom stereocenters. The van der Waals surface area contributed by atoms with Crippen molar-refractivity contribution in [2.75, 3.05) is 29.5 Å². The van der Waals surface area contributed by atoms with Crippen LogP contribution in [0.4, 0.5) is 17.1 Å². The van der Waals surface area contributed by atoms with Crippen LogP contribution in [0, 0.1) is 0 Å². The molecule has 0 unspecified atom stereocenters. The predicted octanol–water partition coefficient (Wildman–Crippen LogP) is 7.26. The zero-order valence-corrected chi connectivity index (χ0v) is 27.8. The van der Waals surface area contributed by atoms with Crippen LogP contribution in [0.2, 0.25) is 0 Å². The number of nitrogens with zero attached hydrogens (tertiary/aromatic N) is 1.